The Hall–Kier alpha value is -5.12. The Kier molecular flexibility index (Phi) is 6.29. The molecule has 3 aromatic carbocycles. The van der Waals surface area contributed by atoms with Gasteiger partial charge in [-0.2, -0.15) is 0 Å². The number of imidazole rings is 1. The number of carbonyl (C=O) groups is 1. The first-order valence-corrected chi connectivity index (χ1v) is 11.3. The summed E-state index contributed by atoms with van der Waals surface area (Å²) in [4.78, 5) is 36.9. The maximum Gasteiger partial charge on any atom is 0.332 e. The van der Waals surface area contributed by atoms with Gasteiger partial charge in [-0.25, -0.2) is 19.3 Å². The highest BCUT2D eigenvalue weighted by Gasteiger charge is 2.22. The summed E-state index contributed by atoms with van der Waals surface area (Å²) in [7, 11) is 3.01. The zero-order valence-corrected chi connectivity index (χ0v) is 20.1. The van der Waals surface area contributed by atoms with Crippen molar-refractivity contribution in [1.82, 2.24) is 19.5 Å². The summed E-state index contributed by atoms with van der Waals surface area (Å²) < 4.78 is 17.9. The molecule has 0 radical (unpaired) electrons. The molecule has 1 amide bonds. The van der Waals surface area contributed by atoms with Crippen LogP contribution in [-0.4, -0.2) is 39.6 Å². The van der Waals surface area contributed by atoms with Gasteiger partial charge in [-0.15, -0.1) is 0 Å². The van der Waals surface area contributed by atoms with Gasteiger partial charge in [0.15, 0.2) is 17.2 Å². The van der Waals surface area contributed by atoms with Crippen LogP contribution in [0.1, 0.15) is 16.1 Å². The van der Waals surface area contributed by atoms with E-state index in [0.29, 0.717) is 35.1 Å². The number of ether oxygens (including phenoxy) is 3. The van der Waals surface area contributed by atoms with E-state index in [-0.39, 0.29) is 22.7 Å². The molecule has 0 unspecified atom stereocenters. The number of primary amides is 1. The second-order valence-electron chi connectivity index (χ2n) is 8.06. The Balaban J connectivity index is 1.57. The standard InChI is InChI=1S/C27H23N5O5/c1-35-19-12-13-20(21(14-19)36-2)32-26-23(30-27(32)34)22(24(28)33)29-25(31-26)17-8-10-18(11-9-17)37-15-16-6-4-3-5-7-16/h3-14H,15H2,1-2H3,(H2,28,33)(H,30,34). The van der Waals surface area contributed by atoms with Crippen molar-refractivity contribution in [2.24, 2.45) is 5.73 Å². The summed E-state index contributed by atoms with van der Waals surface area (Å²) >= 11 is 0. The van der Waals surface area contributed by atoms with E-state index in [1.165, 1.54) is 18.8 Å². The number of H-pyrrole nitrogens is 1. The number of rotatable bonds is 8. The highest BCUT2D eigenvalue weighted by molar-refractivity contribution is 6.02. The lowest BCUT2D eigenvalue weighted by molar-refractivity contribution is 0.0997. The zero-order valence-electron chi connectivity index (χ0n) is 20.1. The topological polar surface area (TPSA) is 134 Å². The Morgan fingerprint density at radius 1 is 0.946 bits per heavy atom. The predicted octanol–water partition coefficient (Wildman–Crippen LogP) is 3.47. The molecule has 0 spiro atoms. The minimum absolute atomic E-state index is 0.104. The number of hydrogen-bond acceptors (Lipinski definition) is 7. The summed E-state index contributed by atoms with van der Waals surface area (Å²) in [5.41, 5.74) is 7.35. The smallest absolute Gasteiger partial charge is 0.332 e. The van der Waals surface area contributed by atoms with Crippen molar-refractivity contribution in [3.05, 3.63) is 94.5 Å². The van der Waals surface area contributed by atoms with Gasteiger partial charge in [0.2, 0.25) is 0 Å². The molecule has 5 rings (SSSR count). The normalized spacial score (nSPS) is 10.9. The van der Waals surface area contributed by atoms with E-state index in [4.69, 9.17) is 19.9 Å². The largest absolute Gasteiger partial charge is 0.497 e. The summed E-state index contributed by atoms with van der Waals surface area (Å²) in [5.74, 6) is 1.01. The van der Waals surface area contributed by atoms with Crippen LogP contribution in [0.4, 0.5) is 0 Å². The average Bonchev–Trinajstić information content (AvgIpc) is 3.27. The van der Waals surface area contributed by atoms with Gasteiger partial charge in [-0.05, 0) is 42.0 Å². The van der Waals surface area contributed by atoms with Crippen molar-refractivity contribution in [2.75, 3.05) is 14.2 Å². The van der Waals surface area contributed by atoms with Crippen molar-refractivity contribution in [3.8, 4) is 34.3 Å². The summed E-state index contributed by atoms with van der Waals surface area (Å²) in [5, 5.41) is 0. The first-order valence-electron chi connectivity index (χ1n) is 11.3. The van der Waals surface area contributed by atoms with E-state index in [1.54, 1.807) is 42.5 Å². The van der Waals surface area contributed by atoms with Gasteiger partial charge in [-0.3, -0.25) is 4.79 Å². The van der Waals surface area contributed by atoms with E-state index in [1.807, 2.05) is 30.3 Å². The maximum absolute atomic E-state index is 13.0. The number of aromatic amines is 1. The SMILES string of the molecule is COc1ccc(-n2c(=O)[nH]c3c(C(N)=O)nc(-c4ccc(OCc5ccccc5)cc4)nc32)c(OC)c1. The molecule has 5 aromatic rings. The zero-order chi connectivity index (χ0) is 25.9. The second-order valence-corrected chi connectivity index (χ2v) is 8.06. The second kappa shape index (κ2) is 9.86. The number of hydrogen-bond donors (Lipinski definition) is 2. The van der Waals surface area contributed by atoms with Crippen LogP contribution in [-0.2, 0) is 6.61 Å². The first-order chi connectivity index (χ1) is 18.0. The van der Waals surface area contributed by atoms with Crippen molar-refractivity contribution >= 4 is 17.1 Å². The van der Waals surface area contributed by atoms with Crippen molar-refractivity contribution in [2.45, 2.75) is 6.61 Å². The number of fused-ring (bicyclic) bond motifs is 1. The number of nitrogens with two attached hydrogens (primary N) is 1. The molecule has 37 heavy (non-hydrogen) atoms. The van der Waals surface area contributed by atoms with Crippen molar-refractivity contribution in [3.63, 3.8) is 0 Å². The van der Waals surface area contributed by atoms with Gasteiger partial charge in [0.1, 0.15) is 29.4 Å². The molecule has 0 aliphatic heterocycles. The Morgan fingerprint density at radius 3 is 2.35 bits per heavy atom. The lowest BCUT2D eigenvalue weighted by Gasteiger charge is -2.12. The number of methoxy groups -OCH3 is 2. The average molecular weight is 498 g/mol. The summed E-state index contributed by atoms with van der Waals surface area (Å²) in [6.07, 6.45) is 0. The van der Waals surface area contributed by atoms with Crippen LogP contribution in [0.3, 0.4) is 0 Å². The van der Waals surface area contributed by atoms with Crippen LogP contribution in [0.25, 0.3) is 28.2 Å². The third-order valence-corrected chi connectivity index (χ3v) is 5.76. The van der Waals surface area contributed by atoms with Crippen LogP contribution in [0.15, 0.2) is 77.6 Å². The van der Waals surface area contributed by atoms with Crippen LogP contribution >= 0.6 is 0 Å². The number of carbonyl (C=O) groups excluding carboxylic acids is 1. The fourth-order valence-corrected chi connectivity index (χ4v) is 3.93. The molecule has 0 fully saturated rings. The number of nitrogens with one attached hydrogen (secondary N) is 1. The molecule has 2 aromatic heterocycles. The molecule has 0 atom stereocenters. The highest BCUT2D eigenvalue weighted by atomic mass is 16.5. The minimum atomic E-state index is -0.799. The van der Waals surface area contributed by atoms with Crippen LogP contribution in [0, 0.1) is 0 Å². The van der Waals surface area contributed by atoms with Gasteiger partial charge < -0.3 is 24.9 Å². The summed E-state index contributed by atoms with van der Waals surface area (Å²) in [6.45, 7) is 0.424. The van der Waals surface area contributed by atoms with Crippen LogP contribution < -0.4 is 25.6 Å². The van der Waals surface area contributed by atoms with Gasteiger partial charge >= 0.3 is 5.69 Å². The molecule has 10 heteroatoms. The molecule has 0 aliphatic carbocycles. The van der Waals surface area contributed by atoms with Gasteiger partial charge in [0, 0.05) is 11.6 Å². The molecule has 0 saturated heterocycles. The molecule has 2 heterocycles. The number of aromatic nitrogens is 4. The number of amides is 1. The fourth-order valence-electron chi connectivity index (χ4n) is 3.93. The quantitative estimate of drug-likeness (QED) is 0.335. The van der Waals surface area contributed by atoms with Gasteiger partial charge in [0.25, 0.3) is 5.91 Å². The van der Waals surface area contributed by atoms with Gasteiger partial charge in [0.05, 0.1) is 19.9 Å². The Morgan fingerprint density at radius 2 is 1.68 bits per heavy atom. The van der Waals surface area contributed by atoms with Crippen LogP contribution in [0.5, 0.6) is 17.2 Å². The molecule has 0 saturated carbocycles. The predicted molar refractivity (Wildman–Crippen MR) is 137 cm³/mol. The van der Waals surface area contributed by atoms with E-state index in [9.17, 15) is 9.59 Å². The Labute approximate surface area is 211 Å². The molecule has 0 aliphatic rings. The van der Waals surface area contributed by atoms with Crippen molar-refractivity contribution in [1.29, 1.82) is 0 Å². The van der Waals surface area contributed by atoms with E-state index < -0.39 is 11.6 Å². The maximum atomic E-state index is 13.0. The monoisotopic (exact) mass is 497 g/mol. The molecule has 10 nitrogen and oxygen atoms in total. The first kappa shape index (κ1) is 23.6. The lowest BCUT2D eigenvalue weighted by Crippen LogP contribution is -2.16. The summed E-state index contributed by atoms with van der Waals surface area (Å²) in [6, 6.07) is 21.9. The fraction of sp³-hybridized carbons (Fsp3) is 0.111. The number of nitrogens with zero attached hydrogens (tertiary/aromatic N) is 3. The molecule has 186 valence electrons. The molecular formula is C27H23N5O5. The van der Waals surface area contributed by atoms with Crippen LogP contribution in [0.2, 0.25) is 0 Å². The molecule has 3 N–H and O–H groups in total. The van der Waals surface area contributed by atoms with Crippen molar-refractivity contribution < 1.29 is 19.0 Å². The Bertz CT molecular complexity index is 1640. The van der Waals surface area contributed by atoms with E-state index in [0.717, 1.165) is 5.56 Å². The lowest BCUT2D eigenvalue weighted by atomic mass is 10.2. The molecule has 0 bridgehead atoms. The number of benzene rings is 3. The third-order valence-electron chi connectivity index (χ3n) is 5.76. The minimum Gasteiger partial charge on any atom is -0.497 e. The van der Waals surface area contributed by atoms with Gasteiger partial charge in [-0.1, -0.05) is 30.3 Å². The molecular weight excluding hydrogens is 474 g/mol. The third kappa shape index (κ3) is 4.59. The van der Waals surface area contributed by atoms with E-state index >= 15 is 0 Å². The highest BCUT2D eigenvalue weighted by Crippen LogP contribution is 2.30. The van der Waals surface area contributed by atoms with E-state index in [2.05, 4.69) is 15.0 Å².